The predicted octanol–water partition coefficient (Wildman–Crippen LogP) is 1.11. The summed E-state index contributed by atoms with van der Waals surface area (Å²) in [6.45, 7) is 6.51. The van der Waals surface area contributed by atoms with Gasteiger partial charge in [0.2, 0.25) is 6.10 Å². The molecule has 0 spiro atoms. The Bertz CT molecular complexity index is 466. The maximum atomic E-state index is 11.4. The zero-order valence-corrected chi connectivity index (χ0v) is 10.8. The molecule has 1 heterocycles. The van der Waals surface area contributed by atoms with E-state index in [-0.39, 0.29) is 17.9 Å². The number of nitrogens with one attached hydrogen (secondary N) is 1. The van der Waals surface area contributed by atoms with Crippen LogP contribution in [0.4, 0.5) is 0 Å². The summed E-state index contributed by atoms with van der Waals surface area (Å²) in [5, 5.41) is 0. The number of carbonyl (C=O) groups excluding carboxylic acids is 1. The average molecular weight is 250 g/mol. The van der Waals surface area contributed by atoms with E-state index in [9.17, 15) is 4.79 Å². The monoisotopic (exact) mass is 250 g/mol. The Kier molecular flexibility index (Phi) is 3.17. The molecule has 1 aliphatic heterocycles. The van der Waals surface area contributed by atoms with E-state index in [1.165, 1.54) is 0 Å². The van der Waals surface area contributed by atoms with Gasteiger partial charge in [0.15, 0.2) is 11.5 Å². The first kappa shape index (κ1) is 12.7. The van der Waals surface area contributed by atoms with Gasteiger partial charge >= 0.3 is 0 Å². The maximum absolute atomic E-state index is 11.4. The second kappa shape index (κ2) is 4.49. The van der Waals surface area contributed by atoms with Crippen molar-refractivity contribution in [1.29, 1.82) is 0 Å². The minimum absolute atomic E-state index is 0.0153. The standard InChI is InChI=1S/C13H18N2O3/c1-13(2,3)8-4-5-9-10(6-8)18-11(7-17-9)12(16)15-14/h4-6,11H,7,14H2,1-3H3,(H,15,16)/t11-/m0/s1. The van der Waals surface area contributed by atoms with Gasteiger partial charge in [-0.25, -0.2) is 5.84 Å². The van der Waals surface area contributed by atoms with Crippen LogP contribution in [-0.4, -0.2) is 18.6 Å². The van der Waals surface area contributed by atoms with E-state index in [0.717, 1.165) is 5.56 Å². The van der Waals surface area contributed by atoms with E-state index < -0.39 is 6.10 Å². The van der Waals surface area contributed by atoms with Gasteiger partial charge in [-0.1, -0.05) is 26.8 Å². The van der Waals surface area contributed by atoms with Crippen LogP contribution in [0.25, 0.3) is 0 Å². The Morgan fingerprint density at radius 2 is 2.11 bits per heavy atom. The molecule has 1 amide bonds. The molecule has 3 N–H and O–H groups in total. The molecular formula is C13H18N2O3. The molecule has 5 heteroatoms. The number of carbonyl (C=O) groups is 1. The number of nitrogens with two attached hydrogens (primary N) is 1. The van der Waals surface area contributed by atoms with Crippen molar-refractivity contribution < 1.29 is 14.3 Å². The van der Waals surface area contributed by atoms with E-state index in [4.69, 9.17) is 15.3 Å². The summed E-state index contributed by atoms with van der Waals surface area (Å²) in [5.74, 6) is 5.94. The van der Waals surface area contributed by atoms with Crippen LogP contribution in [0.1, 0.15) is 26.3 Å². The average Bonchev–Trinajstić information content (AvgIpc) is 2.35. The second-order valence-corrected chi connectivity index (χ2v) is 5.34. The summed E-state index contributed by atoms with van der Waals surface area (Å²) in [7, 11) is 0. The Labute approximate surface area is 106 Å². The van der Waals surface area contributed by atoms with Crippen LogP contribution >= 0.6 is 0 Å². The lowest BCUT2D eigenvalue weighted by Gasteiger charge is -2.27. The van der Waals surface area contributed by atoms with E-state index >= 15 is 0 Å². The van der Waals surface area contributed by atoms with Gasteiger partial charge in [0.05, 0.1) is 0 Å². The molecule has 5 nitrogen and oxygen atoms in total. The summed E-state index contributed by atoms with van der Waals surface area (Å²) in [5.41, 5.74) is 3.21. The number of hydrazine groups is 1. The number of hydrogen-bond acceptors (Lipinski definition) is 4. The highest BCUT2D eigenvalue weighted by atomic mass is 16.6. The van der Waals surface area contributed by atoms with Gasteiger partial charge in [0.1, 0.15) is 6.61 Å². The second-order valence-electron chi connectivity index (χ2n) is 5.34. The maximum Gasteiger partial charge on any atom is 0.278 e. The van der Waals surface area contributed by atoms with Crippen LogP contribution in [0, 0.1) is 0 Å². The lowest BCUT2D eigenvalue weighted by atomic mass is 9.87. The van der Waals surface area contributed by atoms with Crippen molar-refractivity contribution in [1.82, 2.24) is 5.43 Å². The Morgan fingerprint density at radius 3 is 2.72 bits per heavy atom. The summed E-state index contributed by atoms with van der Waals surface area (Å²) in [4.78, 5) is 11.4. The van der Waals surface area contributed by atoms with Gasteiger partial charge in [0, 0.05) is 0 Å². The number of rotatable bonds is 1. The molecule has 98 valence electrons. The molecule has 18 heavy (non-hydrogen) atoms. The number of fused-ring (bicyclic) bond motifs is 1. The van der Waals surface area contributed by atoms with Crippen molar-refractivity contribution in [2.45, 2.75) is 32.3 Å². The largest absolute Gasteiger partial charge is 0.485 e. The fraction of sp³-hybridized carbons (Fsp3) is 0.462. The van der Waals surface area contributed by atoms with E-state index in [1.807, 2.05) is 18.2 Å². The number of benzene rings is 1. The molecule has 0 aliphatic carbocycles. The fourth-order valence-electron chi connectivity index (χ4n) is 1.76. The van der Waals surface area contributed by atoms with Crippen LogP contribution in [0.3, 0.4) is 0 Å². The third kappa shape index (κ3) is 2.41. The molecule has 1 atom stereocenters. The van der Waals surface area contributed by atoms with E-state index in [0.29, 0.717) is 11.5 Å². The predicted molar refractivity (Wildman–Crippen MR) is 67.4 cm³/mol. The van der Waals surface area contributed by atoms with Crippen LogP contribution in [0.2, 0.25) is 0 Å². The van der Waals surface area contributed by atoms with Gasteiger partial charge in [-0.3, -0.25) is 10.2 Å². The van der Waals surface area contributed by atoms with Crippen molar-refractivity contribution >= 4 is 5.91 Å². The first-order valence-electron chi connectivity index (χ1n) is 5.86. The topological polar surface area (TPSA) is 73.6 Å². The molecule has 2 rings (SSSR count). The Hall–Kier alpha value is -1.75. The number of amides is 1. The van der Waals surface area contributed by atoms with E-state index in [1.54, 1.807) is 0 Å². The molecule has 0 aromatic heterocycles. The molecule has 1 aliphatic rings. The van der Waals surface area contributed by atoms with Gasteiger partial charge in [-0.15, -0.1) is 0 Å². The molecule has 1 aromatic carbocycles. The first-order valence-corrected chi connectivity index (χ1v) is 5.86. The molecule has 1 aromatic rings. The molecule has 0 radical (unpaired) electrons. The highest BCUT2D eigenvalue weighted by molar-refractivity contribution is 5.81. The van der Waals surface area contributed by atoms with Crippen molar-refractivity contribution in [2.24, 2.45) is 5.84 Å². The SMILES string of the molecule is CC(C)(C)c1ccc2c(c1)O[C@H](C(=O)NN)CO2. The molecule has 0 bridgehead atoms. The van der Waals surface area contributed by atoms with Crippen LogP contribution in [-0.2, 0) is 10.2 Å². The zero-order valence-electron chi connectivity index (χ0n) is 10.8. The van der Waals surface area contributed by atoms with Gasteiger partial charge < -0.3 is 9.47 Å². The van der Waals surface area contributed by atoms with Crippen LogP contribution < -0.4 is 20.7 Å². The molecule has 0 saturated carbocycles. The lowest BCUT2D eigenvalue weighted by molar-refractivity contribution is -0.130. The van der Waals surface area contributed by atoms with Crippen LogP contribution in [0.15, 0.2) is 18.2 Å². The molecular weight excluding hydrogens is 232 g/mol. The summed E-state index contributed by atoms with van der Waals surface area (Å²) in [6.07, 6.45) is -0.697. The van der Waals surface area contributed by atoms with Crippen LogP contribution in [0.5, 0.6) is 11.5 Å². The first-order chi connectivity index (χ1) is 8.41. The Balaban J connectivity index is 2.27. The number of hydrogen-bond donors (Lipinski definition) is 2. The van der Waals surface area contributed by atoms with Gasteiger partial charge in [-0.05, 0) is 23.1 Å². The minimum Gasteiger partial charge on any atom is -0.485 e. The highest BCUT2D eigenvalue weighted by Crippen LogP contribution is 2.36. The zero-order chi connectivity index (χ0) is 13.3. The highest BCUT2D eigenvalue weighted by Gasteiger charge is 2.28. The molecule has 0 saturated heterocycles. The van der Waals surface area contributed by atoms with Crippen molar-refractivity contribution in [3.8, 4) is 11.5 Å². The normalized spacial score (nSPS) is 18.3. The smallest absolute Gasteiger partial charge is 0.278 e. The molecule has 0 unspecified atom stereocenters. The Morgan fingerprint density at radius 1 is 1.39 bits per heavy atom. The third-order valence-corrected chi connectivity index (χ3v) is 2.90. The quantitative estimate of drug-likeness (QED) is 0.445. The number of ether oxygens (including phenoxy) is 2. The summed E-state index contributed by atoms with van der Waals surface area (Å²) >= 11 is 0. The van der Waals surface area contributed by atoms with E-state index in [2.05, 4.69) is 26.2 Å². The van der Waals surface area contributed by atoms with Crippen molar-refractivity contribution in [3.05, 3.63) is 23.8 Å². The van der Waals surface area contributed by atoms with Gasteiger partial charge in [0.25, 0.3) is 5.91 Å². The fourth-order valence-corrected chi connectivity index (χ4v) is 1.76. The minimum atomic E-state index is -0.697. The molecule has 0 fully saturated rings. The lowest BCUT2D eigenvalue weighted by Crippen LogP contribution is -2.46. The van der Waals surface area contributed by atoms with Crippen molar-refractivity contribution in [3.63, 3.8) is 0 Å². The summed E-state index contributed by atoms with van der Waals surface area (Å²) in [6, 6.07) is 5.78. The van der Waals surface area contributed by atoms with Gasteiger partial charge in [-0.2, -0.15) is 0 Å². The van der Waals surface area contributed by atoms with Crippen molar-refractivity contribution in [2.75, 3.05) is 6.61 Å². The third-order valence-electron chi connectivity index (χ3n) is 2.90. The summed E-state index contributed by atoms with van der Waals surface area (Å²) < 4.78 is 11.1.